The van der Waals surface area contributed by atoms with Gasteiger partial charge in [0.2, 0.25) is 11.8 Å². The molecule has 0 unspecified atom stereocenters. The van der Waals surface area contributed by atoms with Crippen molar-refractivity contribution in [3.8, 4) is 0 Å². The summed E-state index contributed by atoms with van der Waals surface area (Å²) in [6, 6.07) is 0.0244. The molecular weight excluding hydrogens is 260 g/mol. The molecule has 7 heteroatoms. The minimum absolute atomic E-state index is 0.0244. The molecule has 0 atom stereocenters. The minimum Gasteiger partial charge on any atom is -0.339 e. The Kier molecular flexibility index (Phi) is 4.46. The van der Waals surface area contributed by atoms with Crippen LogP contribution >= 0.6 is 0 Å². The van der Waals surface area contributed by atoms with Gasteiger partial charge in [-0.2, -0.15) is 0 Å². The van der Waals surface area contributed by atoms with Crippen molar-refractivity contribution in [2.75, 3.05) is 52.4 Å². The molecule has 2 fully saturated rings. The third-order valence-electron chi connectivity index (χ3n) is 3.99. The highest BCUT2D eigenvalue weighted by atomic mass is 16.2. The summed E-state index contributed by atoms with van der Waals surface area (Å²) in [6.07, 6.45) is 0. The summed E-state index contributed by atoms with van der Waals surface area (Å²) in [5.41, 5.74) is 0. The summed E-state index contributed by atoms with van der Waals surface area (Å²) in [7, 11) is 0. The molecule has 2 aliphatic heterocycles. The smallest absolute Gasteiger partial charge is 0.320 e. The molecule has 2 rings (SSSR count). The predicted octanol–water partition coefficient (Wildman–Crippen LogP) is -0.565. The highest BCUT2D eigenvalue weighted by Crippen LogP contribution is 2.09. The first-order chi connectivity index (χ1) is 9.49. The van der Waals surface area contributed by atoms with E-state index in [2.05, 4.69) is 0 Å². The molecule has 0 aromatic rings. The fourth-order valence-electron chi connectivity index (χ4n) is 2.63. The lowest BCUT2D eigenvalue weighted by atomic mass is 10.3. The Bertz CT molecular complexity index is 360. The molecule has 2 saturated heterocycles. The average molecular weight is 282 g/mol. The van der Waals surface area contributed by atoms with Crippen LogP contribution in [0.1, 0.15) is 13.8 Å². The summed E-state index contributed by atoms with van der Waals surface area (Å²) in [6.45, 7) is 7.89. The number of hydrogen-bond acceptors (Lipinski definition) is 3. The molecule has 20 heavy (non-hydrogen) atoms. The first-order valence-electron chi connectivity index (χ1n) is 7.04. The lowest BCUT2D eigenvalue weighted by Crippen LogP contribution is -2.57. The second-order valence-electron chi connectivity index (χ2n) is 5.27. The maximum atomic E-state index is 12.4. The molecule has 0 aromatic carbocycles. The van der Waals surface area contributed by atoms with Gasteiger partial charge in [0.05, 0.1) is 0 Å². The third-order valence-corrected chi connectivity index (χ3v) is 3.99. The van der Waals surface area contributed by atoms with Crippen LogP contribution in [-0.4, -0.2) is 89.8 Å². The molecule has 0 aliphatic carbocycles. The minimum atomic E-state index is 0.0244. The second-order valence-corrected chi connectivity index (χ2v) is 5.27. The van der Waals surface area contributed by atoms with E-state index in [1.54, 1.807) is 33.4 Å². The van der Waals surface area contributed by atoms with E-state index in [9.17, 15) is 14.4 Å². The van der Waals surface area contributed by atoms with Crippen molar-refractivity contribution < 1.29 is 14.4 Å². The quantitative estimate of drug-likeness (QED) is 0.598. The van der Waals surface area contributed by atoms with Crippen molar-refractivity contribution in [1.82, 2.24) is 19.6 Å². The van der Waals surface area contributed by atoms with Gasteiger partial charge in [-0.3, -0.25) is 9.59 Å². The van der Waals surface area contributed by atoms with Crippen LogP contribution in [-0.2, 0) is 9.59 Å². The number of hydrogen-bond donors (Lipinski definition) is 0. The summed E-state index contributed by atoms with van der Waals surface area (Å²) in [4.78, 5) is 42.0. The van der Waals surface area contributed by atoms with Crippen molar-refractivity contribution in [1.29, 1.82) is 0 Å². The zero-order valence-corrected chi connectivity index (χ0v) is 12.2. The molecule has 0 aromatic heterocycles. The number of amides is 4. The van der Waals surface area contributed by atoms with Gasteiger partial charge in [0.1, 0.15) is 0 Å². The van der Waals surface area contributed by atoms with Crippen molar-refractivity contribution in [3.63, 3.8) is 0 Å². The first-order valence-corrected chi connectivity index (χ1v) is 7.04. The zero-order valence-electron chi connectivity index (χ0n) is 12.2. The van der Waals surface area contributed by atoms with Crippen LogP contribution < -0.4 is 0 Å². The summed E-state index contributed by atoms with van der Waals surface area (Å²) in [5.74, 6) is 0.124. The van der Waals surface area contributed by atoms with Crippen LogP contribution in [0.4, 0.5) is 4.79 Å². The van der Waals surface area contributed by atoms with Gasteiger partial charge in [0, 0.05) is 66.2 Å². The normalized spacial score (nSPS) is 20.1. The number of carbonyl (C=O) groups is 3. The van der Waals surface area contributed by atoms with E-state index in [4.69, 9.17) is 0 Å². The van der Waals surface area contributed by atoms with Crippen molar-refractivity contribution in [2.24, 2.45) is 0 Å². The largest absolute Gasteiger partial charge is 0.339 e. The monoisotopic (exact) mass is 282 g/mol. The van der Waals surface area contributed by atoms with E-state index in [-0.39, 0.29) is 17.8 Å². The lowest BCUT2D eigenvalue weighted by Gasteiger charge is -2.40. The van der Waals surface area contributed by atoms with Crippen LogP contribution in [0.15, 0.2) is 0 Å². The SMILES string of the molecule is CC(=O)N1CCN(C(=O)N2CCN(C(C)=O)CC2)CC1. The lowest BCUT2D eigenvalue weighted by molar-refractivity contribution is -0.130. The number of carbonyl (C=O) groups excluding carboxylic acids is 3. The van der Waals surface area contributed by atoms with Gasteiger partial charge < -0.3 is 19.6 Å². The standard InChI is InChI=1S/C13H22N4O3/c1-11(18)14-3-7-16(8-4-14)13(20)17-9-5-15(6-10-17)12(2)19/h3-10H2,1-2H3. The first kappa shape index (κ1) is 14.6. The van der Waals surface area contributed by atoms with Crippen molar-refractivity contribution in [2.45, 2.75) is 13.8 Å². The maximum absolute atomic E-state index is 12.4. The summed E-state index contributed by atoms with van der Waals surface area (Å²) < 4.78 is 0. The fraction of sp³-hybridized carbons (Fsp3) is 0.769. The number of rotatable bonds is 0. The molecule has 4 amide bonds. The Labute approximate surface area is 119 Å². The van der Waals surface area contributed by atoms with E-state index < -0.39 is 0 Å². The molecule has 0 N–H and O–H groups in total. The van der Waals surface area contributed by atoms with Crippen molar-refractivity contribution >= 4 is 17.8 Å². The van der Waals surface area contributed by atoms with E-state index in [1.807, 2.05) is 0 Å². The molecule has 0 radical (unpaired) electrons. The summed E-state index contributed by atoms with van der Waals surface area (Å²) >= 11 is 0. The van der Waals surface area contributed by atoms with Crippen LogP contribution in [0.25, 0.3) is 0 Å². The Morgan fingerprint density at radius 2 is 0.800 bits per heavy atom. The van der Waals surface area contributed by atoms with Crippen LogP contribution in [0.2, 0.25) is 0 Å². The van der Waals surface area contributed by atoms with Gasteiger partial charge in [-0.05, 0) is 0 Å². The second kappa shape index (κ2) is 6.11. The van der Waals surface area contributed by atoms with Gasteiger partial charge in [-0.25, -0.2) is 4.79 Å². The summed E-state index contributed by atoms with van der Waals surface area (Å²) in [5, 5.41) is 0. The Morgan fingerprint density at radius 1 is 0.550 bits per heavy atom. The van der Waals surface area contributed by atoms with E-state index >= 15 is 0 Å². The van der Waals surface area contributed by atoms with Crippen LogP contribution in [0.3, 0.4) is 0 Å². The van der Waals surface area contributed by atoms with E-state index in [1.165, 1.54) is 0 Å². The Hall–Kier alpha value is -1.79. The van der Waals surface area contributed by atoms with Gasteiger partial charge in [-0.15, -0.1) is 0 Å². The van der Waals surface area contributed by atoms with Crippen LogP contribution in [0, 0.1) is 0 Å². The number of nitrogens with zero attached hydrogens (tertiary/aromatic N) is 4. The molecule has 0 spiro atoms. The molecule has 112 valence electrons. The highest BCUT2D eigenvalue weighted by molar-refractivity contribution is 5.77. The Balaban J connectivity index is 1.81. The zero-order chi connectivity index (χ0) is 14.7. The topological polar surface area (TPSA) is 64.2 Å². The average Bonchev–Trinajstić information content (AvgIpc) is 2.46. The molecule has 7 nitrogen and oxygen atoms in total. The number of urea groups is 1. The van der Waals surface area contributed by atoms with Gasteiger partial charge in [0.25, 0.3) is 0 Å². The molecule has 2 heterocycles. The number of piperazine rings is 2. The van der Waals surface area contributed by atoms with Gasteiger partial charge in [-0.1, -0.05) is 0 Å². The fourth-order valence-corrected chi connectivity index (χ4v) is 2.63. The molecule has 0 saturated carbocycles. The van der Waals surface area contributed by atoms with E-state index in [0.717, 1.165) is 0 Å². The molecule has 2 aliphatic rings. The van der Waals surface area contributed by atoms with Gasteiger partial charge >= 0.3 is 6.03 Å². The maximum Gasteiger partial charge on any atom is 0.320 e. The van der Waals surface area contributed by atoms with Gasteiger partial charge in [0.15, 0.2) is 0 Å². The predicted molar refractivity (Wildman–Crippen MR) is 73.1 cm³/mol. The van der Waals surface area contributed by atoms with Crippen molar-refractivity contribution in [3.05, 3.63) is 0 Å². The van der Waals surface area contributed by atoms with Crippen LogP contribution in [0.5, 0.6) is 0 Å². The Morgan fingerprint density at radius 3 is 1.05 bits per heavy atom. The highest BCUT2D eigenvalue weighted by Gasteiger charge is 2.28. The molecule has 0 bridgehead atoms. The molecular formula is C13H22N4O3. The van der Waals surface area contributed by atoms with E-state index in [0.29, 0.717) is 52.4 Å². The third kappa shape index (κ3) is 3.20.